The Bertz CT molecular complexity index is 1180. The van der Waals surface area contributed by atoms with Crippen LogP contribution in [0.2, 0.25) is 0 Å². The molecule has 0 unspecified atom stereocenters. The molecular weight excluding hydrogens is 399 g/mol. The molecule has 3 rings (SSSR count). The molecule has 0 saturated heterocycles. The molecule has 7 nitrogen and oxygen atoms in total. The van der Waals surface area contributed by atoms with Gasteiger partial charge in [-0.1, -0.05) is 30.3 Å². The Hall–Kier alpha value is -2.66. The van der Waals surface area contributed by atoms with E-state index in [9.17, 15) is 26.4 Å². The second kappa shape index (κ2) is 7.06. The zero-order valence-corrected chi connectivity index (χ0v) is 15.7. The molecule has 0 aliphatic heterocycles. The minimum absolute atomic E-state index is 0.0891. The number of alkyl halides is 3. The number of nitrogens with zero attached hydrogens (tertiary/aromatic N) is 2. The number of aromatic nitrogens is 3. The fourth-order valence-corrected chi connectivity index (χ4v) is 3.27. The maximum atomic E-state index is 13.6. The Kier molecular flexibility index (Phi) is 5.06. The van der Waals surface area contributed by atoms with E-state index in [1.807, 2.05) is 0 Å². The Labute approximate surface area is 157 Å². The molecule has 11 heteroatoms. The molecular formula is C17H16F3N3O4S. The van der Waals surface area contributed by atoms with E-state index in [0.717, 1.165) is 6.26 Å². The summed E-state index contributed by atoms with van der Waals surface area (Å²) >= 11 is 0. The van der Waals surface area contributed by atoms with Crippen LogP contribution in [-0.4, -0.2) is 35.9 Å². The van der Waals surface area contributed by atoms with Gasteiger partial charge in [-0.15, -0.1) is 0 Å². The molecule has 0 bridgehead atoms. The van der Waals surface area contributed by atoms with Gasteiger partial charge in [-0.05, 0) is 12.5 Å². The summed E-state index contributed by atoms with van der Waals surface area (Å²) in [4.78, 5) is 15.5. The molecule has 0 fully saturated rings. The van der Waals surface area contributed by atoms with E-state index in [0.29, 0.717) is 10.2 Å². The minimum atomic E-state index is -4.77. The Morgan fingerprint density at radius 3 is 2.43 bits per heavy atom. The first-order valence-electron chi connectivity index (χ1n) is 8.10. The van der Waals surface area contributed by atoms with E-state index in [-0.39, 0.29) is 35.4 Å². The van der Waals surface area contributed by atoms with Crippen LogP contribution in [0.5, 0.6) is 0 Å². The van der Waals surface area contributed by atoms with Gasteiger partial charge in [0.05, 0.1) is 18.4 Å². The van der Waals surface area contributed by atoms with Gasteiger partial charge in [0.2, 0.25) is 0 Å². The first kappa shape index (κ1) is 20.1. The van der Waals surface area contributed by atoms with Crippen LogP contribution in [0.4, 0.5) is 13.2 Å². The van der Waals surface area contributed by atoms with Crippen molar-refractivity contribution in [2.24, 2.45) is 0 Å². The molecule has 0 aliphatic rings. The van der Waals surface area contributed by atoms with E-state index >= 15 is 0 Å². The van der Waals surface area contributed by atoms with Crippen LogP contribution in [-0.2, 0) is 26.9 Å². The predicted molar refractivity (Wildman–Crippen MR) is 95.5 cm³/mol. The van der Waals surface area contributed by atoms with E-state index in [1.165, 1.54) is 19.1 Å². The summed E-state index contributed by atoms with van der Waals surface area (Å²) in [7, 11) is -3.70. The summed E-state index contributed by atoms with van der Waals surface area (Å²) in [6.07, 6.45) is -4.01. The van der Waals surface area contributed by atoms with Crippen molar-refractivity contribution >= 4 is 15.8 Å². The molecule has 3 aromatic rings. The van der Waals surface area contributed by atoms with Crippen LogP contribution in [0.3, 0.4) is 0 Å². The Balaban J connectivity index is 2.20. The lowest BCUT2D eigenvalue weighted by atomic mass is 10.1. The quantitative estimate of drug-likeness (QED) is 0.647. The number of hydrogen-bond acceptors (Lipinski definition) is 5. The Morgan fingerprint density at radius 2 is 1.86 bits per heavy atom. The highest BCUT2D eigenvalue weighted by Crippen LogP contribution is 2.38. The first-order chi connectivity index (χ1) is 13.0. The summed E-state index contributed by atoms with van der Waals surface area (Å²) < 4.78 is 68.1. The second-order valence-corrected chi connectivity index (χ2v) is 7.80. The van der Waals surface area contributed by atoms with Gasteiger partial charge in [-0.3, -0.25) is 8.98 Å². The largest absolute Gasteiger partial charge is 0.435 e. The van der Waals surface area contributed by atoms with Crippen molar-refractivity contribution in [3.63, 3.8) is 0 Å². The summed E-state index contributed by atoms with van der Waals surface area (Å²) in [5.41, 5.74) is -1.62. The Morgan fingerprint density at radius 1 is 1.21 bits per heavy atom. The molecule has 0 radical (unpaired) electrons. The smallest absolute Gasteiger partial charge is 0.343 e. The maximum Gasteiger partial charge on any atom is 0.435 e. The number of aryl methyl sites for hydroxylation is 1. The summed E-state index contributed by atoms with van der Waals surface area (Å²) in [5.74, 6) is 0. The van der Waals surface area contributed by atoms with Gasteiger partial charge in [0.25, 0.3) is 15.7 Å². The van der Waals surface area contributed by atoms with E-state index in [4.69, 9.17) is 0 Å². The third kappa shape index (κ3) is 3.94. The van der Waals surface area contributed by atoms with Crippen molar-refractivity contribution < 1.29 is 25.8 Å². The van der Waals surface area contributed by atoms with Crippen molar-refractivity contribution in [2.75, 3.05) is 12.9 Å². The molecule has 2 aromatic heterocycles. The molecule has 28 heavy (non-hydrogen) atoms. The van der Waals surface area contributed by atoms with Crippen molar-refractivity contribution in [2.45, 2.75) is 19.5 Å². The molecule has 0 aliphatic carbocycles. The number of aromatic amines is 1. The molecule has 0 amide bonds. The van der Waals surface area contributed by atoms with Gasteiger partial charge in [-0.2, -0.15) is 31.2 Å². The topological polar surface area (TPSA) is 93.5 Å². The van der Waals surface area contributed by atoms with Crippen molar-refractivity contribution in [1.82, 2.24) is 14.6 Å². The molecule has 1 N–H and O–H groups in total. The number of benzene rings is 1. The van der Waals surface area contributed by atoms with Gasteiger partial charge >= 0.3 is 6.18 Å². The lowest BCUT2D eigenvalue weighted by Gasteiger charge is -2.08. The zero-order chi connectivity index (χ0) is 20.7. The average molecular weight is 415 g/mol. The van der Waals surface area contributed by atoms with Crippen molar-refractivity contribution in [3.8, 4) is 11.1 Å². The molecule has 0 saturated carbocycles. The first-order valence-corrected chi connectivity index (χ1v) is 9.92. The SMILES string of the molecule is Cc1[nH]c2c(-c3ccccc3)c(C(F)(F)F)nn2c(=O)c1CCOS(C)(=O)=O. The van der Waals surface area contributed by atoms with Gasteiger partial charge in [0.1, 0.15) is 5.65 Å². The van der Waals surface area contributed by atoms with Crippen LogP contribution in [0.25, 0.3) is 16.8 Å². The lowest BCUT2D eigenvalue weighted by molar-refractivity contribution is -0.140. The normalized spacial score (nSPS) is 12.6. The van der Waals surface area contributed by atoms with Crippen LogP contribution >= 0.6 is 0 Å². The number of hydrogen-bond donors (Lipinski definition) is 1. The molecule has 0 atom stereocenters. The van der Waals surface area contributed by atoms with Gasteiger partial charge in [0, 0.05) is 17.7 Å². The molecule has 1 aromatic carbocycles. The molecule has 150 valence electrons. The fourth-order valence-electron chi connectivity index (χ4n) is 2.89. The zero-order valence-electron chi connectivity index (χ0n) is 14.9. The number of rotatable bonds is 5. The number of halogens is 3. The third-order valence-electron chi connectivity index (χ3n) is 4.07. The van der Waals surface area contributed by atoms with Gasteiger partial charge < -0.3 is 4.98 Å². The van der Waals surface area contributed by atoms with Gasteiger partial charge in [-0.25, -0.2) is 0 Å². The highest BCUT2D eigenvalue weighted by Gasteiger charge is 2.39. The van der Waals surface area contributed by atoms with Crippen LogP contribution in [0.15, 0.2) is 35.1 Å². The van der Waals surface area contributed by atoms with Crippen molar-refractivity contribution in [1.29, 1.82) is 0 Å². The third-order valence-corrected chi connectivity index (χ3v) is 4.67. The summed E-state index contributed by atoms with van der Waals surface area (Å²) in [6, 6.07) is 7.82. The summed E-state index contributed by atoms with van der Waals surface area (Å²) in [5, 5.41) is 3.51. The molecule has 2 heterocycles. The fraction of sp³-hybridized carbons (Fsp3) is 0.294. The van der Waals surface area contributed by atoms with Crippen molar-refractivity contribution in [3.05, 3.63) is 57.6 Å². The highest BCUT2D eigenvalue weighted by atomic mass is 32.2. The average Bonchev–Trinajstić information content (AvgIpc) is 2.97. The highest BCUT2D eigenvalue weighted by molar-refractivity contribution is 7.85. The number of nitrogens with one attached hydrogen (secondary N) is 1. The van der Waals surface area contributed by atoms with Crippen LogP contribution in [0.1, 0.15) is 17.0 Å². The number of H-pyrrole nitrogens is 1. The predicted octanol–water partition coefficient (Wildman–Crippen LogP) is 2.54. The standard InChI is InChI=1S/C17H16F3N3O4S/c1-10-12(8-9-27-28(2,25)26)16(24)23-15(21-10)13(11-6-4-3-5-7-11)14(22-23)17(18,19)20/h3-7,21H,8-9H2,1-2H3. The molecule has 0 spiro atoms. The van der Waals surface area contributed by atoms with E-state index < -0.39 is 27.5 Å². The van der Waals surface area contributed by atoms with E-state index in [2.05, 4.69) is 14.3 Å². The van der Waals surface area contributed by atoms with Gasteiger partial charge in [0.15, 0.2) is 5.69 Å². The lowest BCUT2D eigenvalue weighted by Crippen LogP contribution is -2.23. The van der Waals surface area contributed by atoms with E-state index in [1.54, 1.807) is 18.2 Å². The summed E-state index contributed by atoms with van der Waals surface area (Å²) in [6.45, 7) is 1.21. The van der Waals surface area contributed by atoms with Crippen LogP contribution in [0, 0.1) is 6.92 Å². The van der Waals surface area contributed by atoms with Crippen LogP contribution < -0.4 is 5.56 Å². The maximum absolute atomic E-state index is 13.6. The second-order valence-electron chi connectivity index (χ2n) is 6.16. The number of fused-ring (bicyclic) bond motifs is 1. The monoisotopic (exact) mass is 415 g/mol. The minimum Gasteiger partial charge on any atom is -0.343 e.